The average molecular weight is 351 g/mol. The molecule has 0 radical (unpaired) electrons. The van der Waals surface area contributed by atoms with Crippen molar-refractivity contribution in [3.05, 3.63) is 70.9 Å². The number of pyridine rings is 2. The molecule has 2 heterocycles. The summed E-state index contributed by atoms with van der Waals surface area (Å²) in [6.45, 7) is 4.42. The van der Waals surface area contributed by atoms with Gasteiger partial charge in [0.1, 0.15) is 12.3 Å². The van der Waals surface area contributed by atoms with Crippen LogP contribution < -0.4 is 15.6 Å². The zero-order valence-corrected chi connectivity index (χ0v) is 14.8. The fourth-order valence-electron chi connectivity index (χ4n) is 2.80. The third-order valence-corrected chi connectivity index (χ3v) is 4.16. The number of fused-ring (bicyclic) bond motifs is 1. The smallest absolute Gasteiger partial charge is 0.259 e. The van der Waals surface area contributed by atoms with Crippen LogP contribution in [-0.4, -0.2) is 22.1 Å². The van der Waals surface area contributed by atoms with Crippen molar-refractivity contribution in [3.63, 3.8) is 0 Å². The van der Waals surface area contributed by atoms with E-state index in [0.717, 1.165) is 16.7 Å². The molecule has 2 aromatic heterocycles. The van der Waals surface area contributed by atoms with Crippen molar-refractivity contribution in [3.8, 4) is 5.75 Å². The quantitative estimate of drug-likeness (QED) is 0.741. The number of carbonyl (C=O) groups is 1. The van der Waals surface area contributed by atoms with Crippen LogP contribution in [0.5, 0.6) is 5.75 Å². The van der Waals surface area contributed by atoms with E-state index >= 15 is 0 Å². The highest BCUT2D eigenvalue weighted by Gasteiger charge is 2.12. The second kappa shape index (κ2) is 7.82. The monoisotopic (exact) mass is 351 g/mol. The van der Waals surface area contributed by atoms with Crippen LogP contribution in [0.4, 0.5) is 0 Å². The van der Waals surface area contributed by atoms with Gasteiger partial charge in [-0.2, -0.15) is 0 Å². The molecule has 26 heavy (non-hydrogen) atoms. The molecular weight excluding hydrogens is 330 g/mol. The number of amides is 1. The summed E-state index contributed by atoms with van der Waals surface area (Å²) in [4.78, 5) is 28.8. The normalized spacial score (nSPS) is 11.9. The van der Waals surface area contributed by atoms with E-state index in [1.54, 1.807) is 30.7 Å². The molecule has 3 aromatic rings. The van der Waals surface area contributed by atoms with Gasteiger partial charge in [0.15, 0.2) is 0 Å². The third kappa shape index (κ3) is 3.91. The van der Waals surface area contributed by atoms with Crippen molar-refractivity contribution >= 4 is 16.7 Å². The summed E-state index contributed by atoms with van der Waals surface area (Å²) in [7, 11) is 0. The van der Waals surface area contributed by atoms with E-state index in [1.165, 1.54) is 4.57 Å². The molecular formula is C20H21N3O3. The maximum atomic E-state index is 12.5. The minimum absolute atomic E-state index is 0.0293. The van der Waals surface area contributed by atoms with Gasteiger partial charge in [-0.05, 0) is 43.7 Å². The maximum Gasteiger partial charge on any atom is 0.259 e. The summed E-state index contributed by atoms with van der Waals surface area (Å²) in [6, 6.07) is 10.9. The van der Waals surface area contributed by atoms with Crippen LogP contribution in [0.1, 0.15) is 25.5 Å². The Bertz CT molecular complexity index is 964. The van der Waals surface area contributed by atoms with Gasteiger partial charge in [0.05, 0.1) is 18.0 Å². The standard InChI is InChI=1S/C20H21N3O3/c1-3-26-17-6-4-15(5-7-17)14(2)22-19(24)13-23-11-9-16-12-21-10-8-18(16)20(23)25/h4-12,14H,3,13H2,1-2H3,(H,22,24)/t14-/m0/s1. The lowest BCUT2D eigenvalue weighted by Gasteiger charge is -2.15. The number of hydrogen-bond acceptors (Lipinski definition) is 4. The zero-order chi connectivity index (χ0) is 18.5. The molecule has 0 fully saturated rings. The van der Waals surface area contributed by atoms with Crippen LogP contribution in [0.2, 0.25) is 0 Å². The maximum absolute atomic E-state index is 12.5. The molecule has 0 unspecified atom stereocenters. The molecule has 0 aliphatic carbocycles. The predicted octanol–water partition coefficient (Wildman–Crippen LogP) is 2.67. The summed E-state index contributed by atoms with van der Waals surface area (Å²) in [5.74, 6) is 0.578. The highest BCUT2D eigenvalue weighted by atomic mass is 16.5. The Morgan fingerprint density at radius 2 is 2.00 bits per heavy atom. The third-order valence-electron chi connectivity index (χ3n) is 4.16. The second-order valence-corrected chi connectivity index (χ2v) is 6.00. The molecule has 0 aliphatic rings. The molecule has 0 saturated heterocycles. The molecule has 0 aliphatic heterocycles. The number of ether oxygens (including phenoxy) is 1. The van der Waals surface area contributed by atoms with Crippen LogP contribution in [0, 0.1) is 0 Å². The van der Waals surface area contributed by atoms with Gasteiger partial charge in [0, 0.05) is 24.0 Å². The minimum atomic E-state index is -0.220. The lowest BCUT2D eigenvalue weighted by molar-refractivity contribution is -0.122. The van der Waals surface area contributed by atoms with Gasteiger partial charge in [0.25, 0.3) is 5.56 Å². The Morgan fingerprint density at radius 3 is 2.73 bits per heavy atom. The van der Waals surface area contributed by atoms with Crippen LogP contribution in [0.3, 0.4) is 0 Å². The van der Waals surface area contributed by atoms with Crippen molar-refractivity contribution in [1.29, 1.82) is 0 Å². The molecule has 1 N–H and O–H groups in total. The number of aromatic nitrogens is 2. The highest BCUT2D eigenvalue weighted by Crippen LogP contribution is 2.17. The number of rotatable bonds is 6. The number of hydrogen-bond donors (Lipinski definition) is 1. The summed E-state index contributed by atoms with van der Waals surface area (Å²) in [6.07, 6.45) is 4.82. The first-order chi connectivity index (χ1) is 12.6. The predicted molar refractivity (Wildman–Crippen MR) is 100 cm³/mol. The molecule has 134 valence electrons. The molecule has 1 aromatic carbocycles. The second-order valence-electron chi connectivity index (χ2n) is 6.00. The van der Waals surface area contributed by atoms with Crippen molar-refractivity contribution in [1.82, 2.24) is 14.9 Å². The van der Waals surface area contributed by atoms with E-state index in [9.17, 15) is 9.59 Å². The fourth-order valence-corrected chi connectivity index (χ4v) is 2.80. The summed E-state index contributed by atoms with van der Waals surface area (Å²) in [5.41, 5.74) is 0.771. The number of nitrogens with one attached hydrogen (secondary N) is 1. The van der Waals surface area contributed by atoms with E-state index in [1.807, 2.05) is 38.1 Å². The molecule has 6 nitrogen and oxygen atoms in total. The van der Waals surface area contributed by atoms with Crippen LogP contribution in [0.25, 0.3) is 10.8 Å². The average Bonchev–Trinajstić information content (AvgIpc) is 2.65. The van der Waals surface area contributed by atoms with Gasteiger partial charge in [-0.15, -0.1) is 0 Å². The van der Waals surface area contributed by atoms with Gasteiger partial charge in [-0.3, -0.25) is 14.6 Å². The minimum Gasteiger partial charge on any atom is -0.494 e. The van der Waals surface area contributed by atoms with Crippen molar-refractivity contribution < 1.29 is 9.53 Å². The van der Waals surface area contributed by atoms with Gasteiger partial charge < -0.3 is 14.6 Å². The Morgan fingerprint density at radius 1 is 1.23 bits per heavy atom. The first-order valence-corrected chi connectivity index (χ1v) is 8.53. The highest BCUT2D eigenvalue weighted by molar-refractivity contribution is 5.81. The SMILES string of the molecule is CCOc1ccc([C@H](C)NC(=O)Cn2ccc3cnccc3c2=O)cc1. The fraction of sp³-hybridized carbons (Fsp3) is 0.250. The topological polar surface area (TPSA) is 73.2 Å². The van der Waals surface area contributed by atoms with Crippen molar-refractivity contribution in [2.45, 2.75) is 26.4 Å². The van der Waals surface area contributed by atoms with Crippen LogP contribution in [0.15, 0.2) is 59.8 Å². The molecule has 1 atom stereocenters. The van der Waals surface area contributed by atoms with Gasteiger partial charge >= 0.3 is 0 Å². The summed E-state index contributed by atoms with van der Waals surface area (Å²) in [5, 5.41) is 4.23. The van der Waals surface area contributed by atoms with E-state index in [0.29, 0.717) is 12.0 Å². The molecule has 0 bridgehead atoms. The number of carbonyl (C=O) groups excluding carboxylic acids is 1. The first-order valence-electron chi connectivity index (χ1n) is 8.53. The zero-order valence-electron chi connectivity index (χ0n) is 14.8. The van der Waals surface area contributed by atoms with Crippen LogP contribution in [-0.2, 0) is 11.3 Å². The molecule has 3 rings (SSSR count). The summed E-state index contributed by atoms with van der Waals surface area (Å²) < 4.78 is 6.82. The largest absolute Gasteiger partial charge is 0.494 e. The lowest BCUT2D eigenvalue weighted by atomic mass is 10.1. The number of benzene rings is 1. The van der Waals surface area contributed by atoms with Gasteiger partial charge in [-0.1, -0.05) is 12.1 Å². The van der Waals surface area contributed by atoms with E-state index in [2.05, 4.69) is 10.3 Å². The Balaban J connectivity index is 1.68. The van der Waals surface area contributed by atoms with Crippen LogP contribution >= 0.6 is 0 Å². The van der Waals surface area contributed by atoms with E-state index in [-0.39, 0.29) is 24.1 Å². The van der Waals surface area contributed by atoms with Gasteiger partial charge in [-0.25, -0.2) is 0 Å². The summed E-state index contributed by atoms with van der Waals surface area (Å²) >= 11 is 0. The van der Waals surface area contributed by atoms with Gasteiger partial charge in [0.2, 0.25) is 5.91 Å². The first kappa shape index (κ1) is 17.7. The number of nitrogens with zero attached hydrogens (tertiary/aromatic N) is 2. The molecule has 6 heteroatoms. The molecule has 1 amide bonds. The molecule has 0 saturated carbocycles. The lowest BCUT2D eigenvalue weighted by Crippen LogP contribution is -2.33. The van der Waals surface area contributed by atoms with E-state index < -0.39 is 0 Å². The molecule has 0 spiro atoms. The Labute approximate surface area is 151 Å². The van der Waals surface area contributed by atoms with Crippen molar-refractivity contribution in [2.75, 3.05) is 6.61 Å². The Kier molecular flexibility index (Phi) is 5.31. The Hall–Kier alpha value is -3.15. The van der Waals surface area contributed by atoms with Crippen molar-refractivity contribution in [2.24, 2.45) is 0 Å². The van der Waals surface area contributed by atoms with E-state index in [4.69, 9.17) is 4.74 Å².